The third kappa shape index (κ3) is 10.1. The van der Waals surface area contributed by atoms with Crippen LogP contribution in [0.2, 0.25) is 0 Å². The minimum atomic E-state index is -1.99. The number of rotatable bonds is 16. The van der Waals surface area contributed by atoms with Crippen molar-refractivity contribution in [3.63, 3.8) is 0 Å². The van der Waals surface area contributed by atoms with Gasteiger partial charge in [-0.1, -0.05) is 0 Å². The third-order valence-corrected chi connectivity index (χ3v) is 8.82. The number of aliphatic hydroxyl groups is 10. The molecule has 0 aliphatic carbocycles. The van der Waals surface area contributed by atoms with E-state index < -0.39 is 155 Å². The van der Waals surface area contributed by atoms with E-state index in [0.717, 1.165) is 17.2 Å². The van der Waals surface area contributed by atoms with E-state index in [-0.39, 0.29) is 6.61 Å². The number of aromatic nitrogens is 1. The van der Waals surface area contributed by atoms with Crippen LogP contribution in [0.25, 0.3) is 0 Å². The van der Waals surface area contributed by atoms with Crippen LogP contribution in [0.15, 0.2) is 12.1 Å². The molecule has 24 nitrogen and oxygen atoms in total. The average Bonchev–Trinajstić information content (AvgIpc) is 3.46. The first-order valence-corrected chi connectivity index (χ1v) is 16.7. The molecular formula is C30H48N2O22. The van der Waals surface area contributed by atoms with Gasteiger partial charge in [0.05, 0.1) is 32.7 Å². The molecule has 16 atom stereocenters. The summed E-state index contributed by atoms with van der Waals surface area (Å²) in [5, 5.41) is 124. The Bertz CT molecular complexity index is 1330. The van der Waals surface area contributed by atoms with Crippen molar-refractivity contribution in [2.75, 3.05) is 33.5 Å². The van der Waals surface area contributed by atoms with Gasteiger partial charge < -0.3 is 94.5 Å². The Hall–Kier alpha value is -2.86. The van der Waals surface area contributed by atoms with E-state index in [1.165, 1.54) is 14.0 Å². The maximum Gasteiger partial charge on any atom is 0.333 e. The molecule has 4 heterocycles. The fraction of sp³-hybridized carbons (Fsp3) is 0.800. The number of aromatic hydroxyl groups is 2. The molecule has 4 rings (SSSR count). The maximum atomic E-state index is 12.2. The zero-order valence-electron chi connectivity index (χ0n) is 29.0. The summed E-state index contributed by atoms with van der Waals surface area (Å²) in [5.74, 6) is -2.88. The highest BCUT2D eigenvalue weighted by Gasteiger charge is 2.54. The molecule has 1 aromatic rings. The third-order valence-electron chi connectivity index (χ3n) is 8.82. The highest BCUT2D eigenvalue weighted by molar-refractivity contribution is 5.78. The van der Waals surface area contributed by atoms with Crippen LogP contribution in [0.1, 0.15) is 19.8 Å². The number of aliphatic hydroxyl groups excluding tert-OH is 10. The monoisotopic (exact) mass is 788 g/mol. The molecule has 3 aliphatic rings. The first-order valence-electron chi connectivity index (χ1n) is 16.7. The molecule has 3 aliphatic heterocycles. The standard InChI is InChI=1S/C30H48N2O22/c1-11(48-17(38)5-6-18(39)54-32-15(36)3-4-16(32)37)10-47-31(2)28-23(44)22(43)26(14(9-35)49-28)52-30-25(46)27(20(41)13(8-34)51-30)53-29-24(45)21(42)19(40)12(7-33)50-29/h3-4,11-14,19-30,33-37,40-46H,5-10H2,1-2H3. The number of hydroxylamine groups is 2. The van der Waals surface area contributed by atoms with E-state index >= 15 is 0 Å². The summed E-state index contributed by atoms with van der Waals surface area (Å²) in [7, 11) is 1.29. The molecule has 0 radical (unpaired) electrons. The molecular weight excluding hydrogens is 740 g/mol. The Morgan fingerprint density at radius 3 is 1.83 bits per heavy atom. The summed E-state index contributed by atoms with van der Waals surface area (Å²) in [6, 6.07) is 2.15. The molecule has 310 valence electrons. The quantitative estimate of drug-likeness (QED) is 0.0547. The summed E-state index contributed by atoms with van der Waals surface area (Å²) in [4.78, 5) is 34.5. The predicted octanol–water partition coefficient (Wildman–Crippen LogP) is -7.12. The van der Waals surface area contributed by atoms with Gasteiger partial charge in [0.25, 0.3) is 0 Å². The molecule has 16 unspecified atom stereocenters. The van der Waals surface area contributed by atoms with Gasteiger partial charge in [0, 0.05) is 19.2 Å². The summed E-state index contributed by atoms with van der Waals surface area (Å²) in [5.41, 5.74) is 0. The van der Waals surface area contributed by atoms with Gasteiger partial charge in [-0.15, -0.1) is 4.73 Å². The van der Waals surface area contributed by atoms with Crippen LogP contribution >= 0.6 is 0 Å². The van der Waals surface area contributed by atoms with Gasteiger partial charge >= 0.3 is 11.9 Å². The smallest absolute Gasteiger partial charge is 0.333 e. The second-order valence-corrected chi connectivity index (χ2v) is 12.8. The fourth-order valence-corrected chi connectivity index (χ4v) is 5.81. The number of carbonyl (C=O) groups excluding carboxylic acids is 2. The van der Waals surface area contributed by atoms with Crippen LogP contribution in [-0.4, -0.2) is 215 Å². The van der Waals surface area contributed by atoms with Crippen LogP contribution in [0, 0.1) is 0 Å². The summed E-state index contributed by atoms with van der Waals surface area (Å²) >= 11 is 0. The highest BCUT2D eigenvalue weighted by Crippen LogP contribution is 2.33. The number of hydrogen-bond acceptors (Lipinski definition) is 23. The Balaban J connectivity index is 1.31. The van der Waals surface area contributed by atoms with E-state index in [9.17, 15) is 70.9 Å². The predicted molar refractivity (Wildman–Crippen MR) is 167 cm³/mol. The van der Waals surface area contributed by atoms with E-state index in [4.69, 9.17) is 38.1 Å². The lowest BCUT2D eigenvalue weighted by molar-refractivity contribution is -0.383. The Morgan fingerprint density at radius 2 is 1.24 bits per heavy atom. The molecule has 54 heavy (non-hydrogen) atoms. The van der Waals surface area contributed by atoms with Crippen LogP contribution < -0.4 is 4.84 Å². The second kappa shape index (κ2) is 19.3. The number of nitrogens with zero attached hydrogens (tertiary/aromatic N) is 2. The lowest BCUT2D eigenvalue weighted by atomic mass is 9.95. The lowest BCUT2D eigenvalue weighted by Crippen LogP contribution is -2.67. The van der Waals surface area contributed by atoms with Crippen LogP contribution in [-0.2, 0) is 42.8 Å². The molecule has 12 N–H and O–H groups in total. The minimum Gasteiger partial charge on any atom is -0.492 e. The van der Waals surface area contributed by atoms with E-state index in [2.05, 4.69) is 0 Å². The zero-order chi connectivity index (χ0) is 40.0. The van der Waals surface area contributed by atoms with E-state index in [1.807, 2.05) is 0 Å². The average molecular weight is 789 g/mol. The van der Waals surface area contributed by atoms with Gasteiger partial charge in [0.1, 0.15) is 86.0 Å². The number of esters is 1. The van der Waals surface area contributed by atoms with Crippen molar-refractivity contribution < 1.29 is 109 Å². The number of carbonyl (C=O) groups is 2. The Kier molecular flexibility index (Phi) is 15.7. The second-order valence-electron chi connectivity index (χ2n) is 12.8. The highest BCUT2D eigenvalue weighted by atomic mass is 16.8. The van der Waals surface area contributed by atoms with Crippen molar-refractivity contribution in [1.82, 2.24) is 9.79 Å². The SMILES string of the molecule is CC(CON(C)C1OC(CO)C(OC2OC(CO)C(O)C(OC3OC(CO)C(O)C(O)C3O)C2O)C(O)C1O)OC(=O)CCC(=O)On1c(O)ccc1O. The van der Waals surface area contributed by atoms with Gasteiger partial charge in [-0.05, 0) is 6.92 Å². The van der Waals surface area contributed by atoms with Gasteiger partial charge in [-0.2, -0.15) is 5.06 Å². The van der Waals surface area contributed by atoms with Crippen molar-refractivity contribution in [1.29, 1.82) is 0 Å². The largest absolute Gasteiger partial charge is 0.492 e. The van der Waals surface area contributed by atoms with Crippen molar-refractivity contribution in [3.05, 3.63) is 12.1 Å². The maximum absolute atomic E-state index is 12.2. The van der Waals surface area contributed by atoms with Gasteiger partial charge in [-0.25, -0.2) is 4.79 Å². The van der Waals surface area contributed by atoms with Gasteiger partial charge in [0.2, 0.25) is 11.8 Å². The Morgan fingerprint density at radius 1 is 0.704 bits per heavy atom. The van der Waals surface area contributed by atoms with Crippen LogP contribution in [0.4, 0.5) is 0 Å². The van der Waals surface area contributed by atoms with Gasteiger partial charge in [-0.3, -0.25) is 9.63 Å². The fourth-order valence-electron chi connectivity index (χ4n) is 5.81. The van der Waals surface area contributed by atoms with Crippen molar-refractivity contribution in [2.24, 2.45) is 0 Å². The summed E-state index contributed by atoms with van der Waals surface area (Å²) in [6.07, 6.45) is -27.8. The summed E-state index contributed by atoms with van der Waals surface area (Å²) < 4.78 is 33.3. The zero-order valence-corrected chi connectivity index (χ0v) is 29.0. The molecule has 1 aromatic heterocycles. The van der Waals surface area contributed by atoms with Crippen LogP contribution in [0.3, 0.4) is 0 Å². The number of likely N-dealkylation sites (N-methyl/N-ethyl adjacent to an activating group) is 1. The first kappa shape index (κ1) is 43.9. The molecule has 0 amide bonds. The summed E-state index contributed by atoms with van der Waals surface area (Å²) in [6.45, 7) is -1.39. The molecule has 3 saturated heterocycles. The van der Waals surface area contributed by atoms with E-state index in [1.54, 1.807) is 0 Å². The van der Waals surface area contributed by atoms with Crippen molar-refractivity contribution in [2.45, 2.75) is 118 Å². The normalized spacial score (nSPS) is 37.9. The topological polar surface area (TPSA) is 359 Å². The van der Waals surface area contributed by atoms with E-state index in [0.29, 0.717) is 4.73 Å². The minimum absolute atomic E-state index is 0.326. The molecule has 0 spiro atoms. The van der Waals surface area contributed by atoms with Gasteiger partial charge in [0.15, 0.2) is 18.8 Å². The molecule has 24 heteroatoms. The van der Waals surface area contributed by atoms with Crippen LogP contribution in [0.5, 0.6) is 11.8 Å². The molecule has 3 fully saturated rings. The molecule has 0 bridgehead atoms. The molecule has 0 saturated carbocycles. The number of ether oxygens (including phenoxy) is 6. The van der Waals surface area contributed by atoms with Crippen molar-refractivity contribution >= 4 is 11.9 Å². The first-order chi connectivity index (χ1) is 25.5. The lowest BCUT2D eigenvalue weighted by Gasteiger charge is -2.48. The van der Waals surface area contributed by atoms with Crippen molar-refractivity contribution in [3.8, 4) is 11.8 Å². The number of hydrogen-bond donors (Lipinski definition) is 12. The Labute approximate surface area is 306 Å². The molecule has 0 aromatic carbocycles.